The van der Waals surface area contributed by atoms with Crippen molar-refractivity contribution >= 4 is 46.2 Å². The molecule has 0 atom stereocenters. The van der Waals surface area contributed by atoms with Gasteiger partial charge >= 0.3 is 0 Å². The Morgan fingerprint density at radius 2 is 1.74 bits per heavy atom. The number of anilines is 2. The summed E-state index contributed by atoms with van der Waals surface area (Å²) in [6.07, 6.45) is 1.16. The summed E-state index contributed by atoms with van der Waals surface area (Å²) < 4.78 is 24.3. The lowest BCUT2D eigenvalue weighted by Gasteiger charge is -2.23. The van der Waals surface area contributed by atoms with Gasteiger partial charge in [-0.2, -0.15) is 0 Å². The lowest BCUT2D eigenvalue weighted by atomic mass is 10.2. The lowest BCUT2D eigenvalue weighted by molar-refractivity contribution is 0.587. The van der Waals surface area contributed by atoms with E-state index in [-0.39, 0.29) is 24.8 Å². The molecule has 0 heterocycles. The van der Waals surface area contributed by atoms with E-state index in [9.17, 15) is 8.42 Å². The zero-order valence-corrected chi connectivity index (χ0v) is 13.4. The number of nitrogen functional groups attached to an aromatic ring is 1. The van der Waals surface area contributed by atoms with E-state index in [0.717, 1.165) is 24.2 Å². The molecule has 0 radical (unpaired) electrons. The van der Waals surface area contributed by atoms with Crippen LogP contribution in [0.1, 0.15) is 6.92 Å². The van der Waals surface area contributed by atoms with Gasteiger partial charge < -0.3 is 10.6 Å². The average Bonchev–Trinajstić information content (AvgIpc) is 2.24. The van der Waals surface area contributed by atoms with Gasteiger partial charge in [0.05, 0.1) is 6.26 Å². The van der Waals surface area contributed by atoms with Crippen LogP contribution in [-0.4, -0.2) is 34.3 Å². The molecule has 0 unspecified atom stereocenters. The highest BCUT2D eigenvalue weighted by Gasteiger charge is 2.05. The quantitative estimate of drug-likeness (QED) is 0.775. The number of nitrogens with one attached hydrogen (secondary N) is 1. The molecule has 0 bridgehead atoms. The van der Waals surface area contributed by atoms with E-state index in [1.54, 1.807) is 0 Å². The molecule has 3 N–H and O–H groups in total. The molecule has 0 aliphatic heterocycles. The first-order valence-electron chi connectivity index (χ1n) is 5.47. The third kappa shape index (κ3) is 8.15. The maximum Gasteiger partial charge on any atom is 0.208 e. The maximum absolute atomic E-state index is 10.9. The first-order chi connectivity index (χ1) is 7.92. The van der Waals surface area contributed by atoms with Crippen molar-refractivity contribution in [1.29, 1.82) is 0 Å². The zero-order chi connectivity index (χ0) is 12.9. The molecule has 5 nitrogen and oxygen atoms in total. The normalized spacial score (nSPS) is 10.2. The number of hydrogen-bond donors (Lipinski definition) is 2. The highest BCUT2D eigenvalue weighted by Crippen LogP contribution is 2.15. The average molecular weight is 330 g/mol. The summed E-state index contributed by atoms with van der Waals surface area (Å²) in [6.45, 7) is 3.87. The first kappa shape index (κ1) is 20.6. The number of rotatable bonds is 6. The van der Waals surface area contributed by atoms with Crippen LogP contribution in [0.15, 0.2) is 24.3 Å². The molecule has 0 amide bonds. The van der Waals surface area contributed by atoms with Crippen LogP contribution in [0.25, 0.3) is 0 Å². The zero-order valence-electron chi connectivity index (χ0n) is 11.0. The molecule has 0 saturated carbocycles. The Balaban J connectivity index is 0. The molecular weight excluding hydrogens is 309 g/mol. The topological polar surface area (TPSA) is 75.4 Å². The van der Waals surface area contributed by atoms with Gasteiger partial charge in [0.25, 0.3) is 0 Å². The largest absolute Gasteiger partial charge is 0.399 e. The number of sulfonamides is 1. The van der Waals surface area contributed by atoms with Crippen molar-refractivity contribution < 1.29 is 8.42 Å². The number of likely N-dealkylation sites (N-methyl/N-ethyl adjacent to an activating group) is 1. The highest BCUT2D eigenvalue weighted by molar-refractivity contribution is 7.88. The smallest absolute Gasteiger partial charge is 0.208 e. The van der Waals surface area contributed by atoms with Crippen LogP contribution in [0.4, 0.5) is 11.4 Å². The van der Waals surface area contributed by atoms with Crippen LogP contribution in [0.2, 0.25) is 0 Å². The maximum atomic E-state index is 10.9. The van der Waals surface area contributed by atoms with Crippen LogP contribution in [-0.2, 0) is 10.0 Å². The molecule has 1 aromatic rings. The summed E-state index contributed by atoms with van der Waals surface area (Å²) in [5.41, 5.74) is 7.38. The SMILES string of the molecule is CCN(CCNS(C)(=O)=O)c1ccc(N)cc1.Cl.Cl. The minimum absolute atomic E-state index is 0. The van der Waals surface area contributed by atoms with Crippen LogP contribution < -0.4 is 15.4 Å². The molecule has 0 fully saturated rings. The minimum atomic E-state index is -3.11. The Labute approximate surface area is 127 Å². The van der Waals surface area contributed by atoms with Crippen LogP contribution >= 0.6 is 24.8 Å². The Morgan fingerprint density at radius 3 is 2.16 bits per heavy atom. The van der Waals surface area contributed by atoms with E-state index < -0.39 is 10.0 Å². The standard InChI is InChI=1S/C11H19N3O2S.2ClH/c1-3-14(9-8-13-17(2,15)16)11-6-4-10(12)5-7-11;;/h4-7,13H,3,8-9,12H2,1-2H3;2*1H. The number of nitrogens with zero attached hydrogens (tertiary/aromatic N) is 1. The van der Waals surface area contributed by atoms with Crippen molar-refractivity contribution in [2.45, 2.75) is 6.92 Å². The van der Waals surface area contributed by atoms with Crippen molar-refractivity contribution in [2.24, 2.45) is 0 Å². The van der Waals surface area contributed by atoms with E-state index in [2.05, 4.69) is 9.62 Å². The molecule has 0 aliphatic carbocycles. The molecule has 8 heteroatoms. The fraction of sp³-hybridized carbons (Fsp3) is 0.455. The predicted octanol–water partition coefficient (Wildman–Crippen LogP) is 1.49. The Morgan fingerprint density at radius 1 is 1.21 bits per heavy atom. The second kappa shape index (κ2) is 9.25. The lowest BCUT2D eigenvalue weighted by Crippen LogP contribution is -2.34. The van der Waals surface area contributed by atoms with Gasteiger partial charge in [0.2, 0.25) is 10.0 Å². The van der Waals surface area contributed by atoms with Gasteiger partial charge in [0.1, 0.15) is 0 Å². The summed E-state index contributed by atoms with van der Waals surface area (Å²) in [5, 5.41) is 0. The van der Waals surface area contributed by atoms with E-state index in [1.165, 1.54) is 0 Å². The van der Waals surface area contributed by atoms with Crippen LogP contribution in [0, 0.1) is 0 Å². The minimum Gasteiger partial charge on any atom is -0.399 e. The number of halogens is 2. The van der Waals surface area contributed by atoms with Crippen molar-refractivity contribution in [3.63, 3.8) is 0 Å². The molecule has 0 aromatic heterocycles. The Bertz CT molecular complexity index is 452. The molecular formula is C11H21Cl2N3O2S. The molecule has 0 aliphatic rings. The van der Waals surface area contributed by atoms with Gasteiger partial charge in [-0.15, -0.1) is 24.8 Å². The van der Waals surface area contributed by atoms with Crippen LogP contribution in [0.3, 0.4) is 0 Å². The summed E-state index contributed by atoms with van der Waals surface area (Å²) in [4.78, 5) is 2.08. The number of nitrogens with two attached hydrogens (primary N) is 1. The third-order valence-electron chi connectivity index (χ3n) is 2.39. The van der Waals surface area contributed by atoms with E-state index in [0.29, 0.717) is 13.1 Å². The van der Waals surface area contributed by atoms with E-state index >= 15 is 0 Å². The fourth-order valence-corrected chi connectivity index (χ4v) is 1.98. The number of benzene rings is 1. The molecule has 0 saturated heterocycles. The van der Waals surface area contributed by atoms with Crippen molar-refractivity contribution in [2.75, 3.05) is 36.5 Å². The summed E-state index contributed by atoms with van der Waals surface area (Å²) in [6, 6.07) is 7.53. The molecule has 19 heavy (non-hydrogen) atoms. The monoisotopic (exact) mass is 329 g/mol. The second-order valence-corrected chi connectivity index (χ2v) is 5.67. The van der Waals surface area contributed by atoms with Gasteiger partial charge in [-0.05, 0) is 31.2 Å². The van der Waals surface area contributed by atoms with Gasteiger partial charge in [-0.25, -0.2) is 13.1 Å². The van der Waals surface area contributed by atoms with E-state index in [1.807, 2.05) is 31.2 Å². The molecule has 0 spiro atoms. The van der Waals surface area contributed by atoms with Crippen molar-refractivity contribution in [1.82, 2.24) is 4.72 Å². The molecule has 1 aromatic carbocycles. The van der Waals surface area contributed by atoms with Gasteiger partial charge in [-0.3, -0.25) is 0 Å². The summed E-state index contributed by atoms with van der Waals surface area (Å²) >= 11 is 0. The first-order valence-corrected chi connectivity index (χ1v) is 7.36. The highest BCUT2D eigenvalue weighted by atomic mass is 35.5. The second-order valence-electron chi connectivity index (χ2n) is 3.84. The summed E-state index contributed by atoms with van der Waals surface area (Å²) in [5.74, 6) is 0. The Hall–Kier alpha value is -0.690. The van der Waals surface area contributed by atoms with Crippen molar-refractivity contribution in [3.05, 3.63) is 24.3 Å². The predicted molar refractivity (Wildman–Crippen MR) is 86.1 cm³/mol. The fourth-order valence-electron chi connectivity index (χ4n) is 1.52. The van der Waals surface area contributed by atoms with Gasteiger partial charge in [-0.1, -0.05) is 0 Å². The van der Waals surface area contributed by atoms with Crippen molar-refractivity contribution in [3.8, 4) is 0 Å². The molecule has 112 valence electrons. The third-order valence-corrected chi connectivity index (χ3v) is 3.11. The van der Waals surface area contributed by atoms with Gasteiger partial charge in [0.15, 0.2) is 0 Å². The van der Waals surface area contributed by atoms with Gasteiger partial charge in [0, 0.05) is 31.0 Å². The number of hydrogen-bond acceptors (Lipinski definition) is 4. The molecule has 1 rings (SSSR count). The Kier molecular flexibility index (Phi) is 10.0. The summed E-state index contributed by atoms with van der Waals surface area (Å²) in [7, 11) is -3.11. The van der Waals surface area contributed by atoms with E-state index in [4.69, 9.17) is 5.73 Å². The van der Waals surface area contributed by atoms with Crippen LogP contribution in [0.5, 0.6) is 0 Å².